The Morgan fingerprint density at radius 1 is 0.236 bits per heavy atom. The number of nitrogens with zero attached hydrogens (tertiary/aromatic N) is 1. The second-order valence-electron chi connectivity index (χ2n) is 18.2. The Kier molecular flexibility index (Phi) is 12.1. The molecule has 0 radical (unpaired) electrons. The number of hydrogen-bond donors (Lipinski definition) is 1. The second-order valence-corrected chi connectivity index (χ2v) is 18.2. The lowest BCUT2D eigenvalue weighted by Crippen LogP contribution is -2.10. The Bertz CT molecular complexity index is 3690. The highest BCUT2D eigenvalue weighted by Crippen LogP contribution is 2.42. The third kappa shape index (κ3) is 9.21. The van der Waals surface area contributed by atoms with Crippen LogP contribution in [-0.4, -0.2) is 0 Å². The number of hydrogen-bond acceptors (Lipinski definition) is 2. The first-order valence-corrected chi connectivity index (χ1v) is 24.6. The smallest absolute Gasteiger partial charge is 0.0540 e. The molecule has 0 saturated heterocycles. The molecular weight excluding hydrogens is 869 g/mol. The van der Waals surface area contributed by atoms with Gasteiger partial charge in [0, 0.05) is 33.7 Å². The van der Waals surface area contributed by atoms with Crippen molar-refractivity contribution in [2.24, 2.45) is 0 Å². The van der Waals surface area contributed by atoms with Crippen LogP contribution in [0.3, 0.4) is 0 Å². The summed E-state index contributed by atoms with van der Waals surface area (Å²) in [5, 5.41) is 6.21. The molecule has 2 nitrogen and oxygen atoms in total. The zero-order chi connectivity index (χ0) is 48.1. The minimum atomic E-state index is 1.03. The topological polar surface area (TPSA) is 15.3 Å². The monoisotopic (exact) mass is 918 g/mol. The van der Waals surface area contributed by atoms with E-state index in [9.17, 15) is 0 Å². The summed E-state index contributed by atoms with van der Waals surface area (Å²) in [4.78, 5) is 2.38. The van der Waals surface area contributed by atoms with Gasteiger partial charge < -0.3 is 10.2 Å². The maximum Gasteiger partial charge on any atom is 0.0540 e. The average molecular weight is 919 g/mol. The summed E-state index contributed by atoms with van der Waals surface area (Å²) in [5.74, 6) is 0. The van der Waals surface area contributed by atoms with Crippen molar-refractivity contribution >= 4 is 39.2 Å². The van der Waals surface area contributed by atoms with Crippen molar-refractivity contribution in [3.63, 3.8) is 0 Å². The molecule has 0 spiro atoms. The highest BCUT2D eigenvalue weighted by Gasteiger charge is 2.17. The number of benzene rings is 12. The van der Waals surface area contributed by atoms with E-state index in [1.54, 1.807) is 0 Å². The molecule has 0 aromatic heterocycles. The number of nitrogens with one attached hydrogen (secondary N) is 1. The van der Waals surface area contributed by atoms with Crippen LogP contribution >= 0.6 is 0 Å². The maximum absolute atomic E-state index is 3.81. The molecule has 72 heavy (non-hydrogen) atoms. The predicted molar refractivity (Wildman–Crippen MR) is 306 cm³/mol. The van der Waals surface area contributed by atoms with E-state index in [1.165, 1.54) is 60.8 Å². The average Bonchev–Trinajstić information content (AvgIpc) is 3.47. The van der Waals surface area contributed by atoms with Gasteiger partial charge in [0.15, 0.2) is 0 Å². The SMILES string of the molecule is c1ccc(-c2ccc(Nc3ccc(-c4ccc(N(c5ccc(-c6ccccc6)cc5)c5cccc6ccccc56)cc4)cc3-c3ccc(-c4cc(-c5ccccc5)cc(-c5ccccc5)c4)cc3)cc2)cc1. The molecule has 0 fully saturated rings. The summed E-state index contributed by atoms with van der Waals surface area (Å²) >= 11 is 0. The van der Waals surface area contributed by atoms with Crippen molar-refractivity contribution in [1.29, 1.82) is 0 Å². The molecule has 340 valence electrons. The minimum Gasteiger partial charge on any atom is -0.355 e. The molecule has 0 aliphatic heterocycles. The van der Waals surface area contributed by atoms with Crippen LogP contribution in [0.4, 0.5) is 28.4 Å². The Balaban J connectivity index is 0.917. The lowest BCUT2D eigenvalue weighted by atomic mass is 9.92. The van der Waals surface area contributed by atoms with Crippen LogP contribution in [0.25, 0.3) is 88.7 Å². The molecule has 0 amide bonds. The fourth-order valence-electron chi connectivity index (χ4n) is 9.90. The Hall–Kier alpha value is -9.50. The number of fused-ring (bicyclic) bond motifs is 1. The van der Waals surface area contributed by atoms with Gasteiger partial charge in [0.05, 0.1) is 5.69 Å². The lowest BCUT2D eigenvalue weighted by Gasteiger charge is -2.27. The van der Waals surface area contributed by atoms with E-state index in [-0.39, 0.29) is 0 Å². The fraction of sp³-hybridized carbons (Fsp3) is 0. The van der Waals surface area contributed by atoms with Crippen LogP contribution in [-0.2, 0) is 0 Å². The van der Waals surface area contributed by atoms with E-state index in [4.69, 9.17) is 0 Å². The lowest BCUT2D eigenvalue weighted by molar-refractivity contribution is 1.30. The summed E-state index contributed by atoms with van der Waals surface area (Å²) in [6.07, 6.45) is 0. The second kappa shape index (κ2) is 19.8. The molecule has 0 saturated carbocycles. The van der Waals surface area contributed by atoms with E-state index in [0.717, 1.165) is 56.3 Å². The van der Waals surface area contributed by atoms with E-state index in [2.05, 4.69) is 307 Å². The molecule has 12 aromatic carbocycles. The first-order chi connectivity index (χ1) is 35.7. The van der Waals surface area contributed by atoms with E-state index in [1.807, 2.05) is 0 Å². The molecule has 0 unspecified atom stereocenters. The van der Waals surface area contributed by atoms with E-state index in [0.29, 0.717) is 0 Å². The van der Waals surface area contributed by atoms with Crippen molar-refractivity contribution in [2.75, 3.05) is 10.2 Å². The fourth-order valence-corrected chi connectivity index (χ4v) is 9.90. The zero-order valence-electron chi connectivity index (χ0n) is 39.7. The first-order valence-electron chi connectivity index (χ1n) is 24.6. The van der Waals surface area contributed by atoms with Gasteiger partial charge in [-0.3, -0.25) is 0 Å². The van der Waals surface area contributed by atoms with Crippen molar-refractivity contribution in [3.05, 3.63) is 297 Å². The molecule has 12 rings (SSSR count). The van der Waals surface area contributed by atoms with Crippen LogP contribution in [0, 0.1) is 0 Å². The van der Waals surface area contributed by atoms with E-state index < -0.39 is 0 Å². The van der Waals surface area contributed by atoms with Crippen LogP contribution in [0.15, 0.2) is 297 Å². The van der Waals surface area contributed by atoms with Gasteiger partial charge in [-0.1, -0.05) is 224 Å². The number of rotatable bonds is 12. The summed E-state index contributed by atoms with van der Waals surface area (Å²) in [6.45, 7) is 0. The van der Waals surface area contributed by atoms with Gasteiger partial charge in [-0.15, -0.1) is 0 Å². The molecule has 1 N–H and O–H groups in total. The summed E-state index contributed by atoms with van der Waals surface area (Å²) < 4.78 is 0. The highest BCUT2D eigenvalue weighted by atomic mass is 15.1. The molecule has 2 heteroatoms. The Morgan fingerprint density at radius 3 is 1.11 bits per heavy atom. The third-order valence-electron chi connectivity index (χ3n) is 13.7. The van der Waals surface area contributed by atoms with Crippen LogP contribution in [0.1, 0.15) is 0 Å². The van der Waals surface area contributed by atoms with Crippen LogP contribution in [0.5, 0.6) is 0 Å². The van der Waals surface area contributed by atoms with Gasteiger partial charge in [-0.2, -0.15) is 0 Å². The van der Waals surface area contributed by atoms with Gasteiger partial charge in [0.25, 0.3) is 0 Å². The van der Waals surface area contributed by atoms with Crippen molar-refractivity contribution in [3.8, 4) is 77.9 Å². The molecule has 0 heterocycles. The van der Waals surface area contributed by atoms with Gasteiger partial charge in [-0.05, 0) is 151 Å². The molecule has 12 aromatic rings. The summed E-state index contributed by atoms with van der Waals surface area (Å²) in [6, 6.07) is 107. The standard InChI is InChI=1S/C70H50N2/c1-5-16-50(17-6-1)54-32-39-64(40-33-54)71-69-45-38-60(49-68(69)59-30-28-57(29-31-59)63-47-61(52-20-9-3-10-21-52)46-62(48-63)53-22-11-4-12-23-53)56-36-43-66(44-37-56)72(70-27-15-25-58-24-13-14-26-67(58)70)65-41-34-55(35-42-65)51-18-7-2-8-19-51/h1-49,71H. The molecular formula is C70H50N2. The Morgan fingerprint density at radius 2 is 0.597 bits per heavy atom. The first kappa shape index (κ1) is 43.8. The zero-order valence-corrected chi connectivity index (χ0v) is 39.7. The number of anilines is 5. The summed E-state index contributed by atoms with van der Waals surface area (Å²) in [7, 11) is 0. The molecule has 0 aliphatic rings. The van der Waals surface area contributed by atoms with Gasteiger partial charge >= 0.3 is 0 Å². The molecule has 0 aliphatic carbocycles. The Labute approximate surface area is 422 Å². The molecule has 0 bridgehead atoms. The van der Waals surface area contributed by atoms with Gasteiger partial charge in [0.1, 0.15) is 0 Å². The third-order valence-corrected chi connectivity index (χ3v) is 13.7. The van der Waals surface area contributed by atoms with Crippen molar-refractivity contribution in [2.45, 2.75) is 0 Å². The maximum atomic E-state index is 3.81. The van der Waals surface area contributed by atoms with Crippen molar-refractivity contribution in [1.82, 2.24) is 0 Å². The summed E-state index contributed by atoms with van der Waals surface area (Å²) in [5.41, 5.74) is 21.8. The van der Waals surface area contributed by atoms with Crippen LogP contribution < -0.4 is 10.2 Å². The quantitative estimate of drug-likeness (QED) is 0.131. The van der Waals surface area contributed by atoms with E-state index >= 15 is 0 Å². The largest absolute Gasteiger partial charge is 0.355 e. The normalized spacial score (nSPS) is 11.1. The predicted octanol–water partition coefficient (Wildman–Crippen LogP) is 19.7. The van der Waals surface area contributed by atoms with Gasteiger partial charge in [0.2, 0.25) is 0 Å². The van der Waals surface area contributed by atoms with Crippen LogP contribution in [0.2, 0.25) is 0 Å². The molecule has 0 atom stereocenters. The minimum absolute atomic E-state index is 1.03. The highest BCUT2D eigenvalue weighted by molar-refractivity contribution is 5.99. The van der Waals surface area contributed by atoms with Gasteiger partial charge in [-0.25, -0.2) is 0 Å². The van der Waals surface area contributed by atoms with Crippen molar-refractivity contribution < 1.29 is 0 Å².